The molecule has 0 saturated heterocycles. The number of hydrogen-bond donors (Lipinski definition) is 1. The Labute approximate surface area is 112 Å². The highest BCUT2D eigenvalue weighted by Crippen LogP contribution is 2.21. The van der Waals surface area contributed by atoms with Crippen LogP contribution in [0.2, 0.25) is 0 Å². The van der Waals surface area contributed by atoms with E-state index >= 15 is 0 Å². The highest BCUT2D eigenvalue weighted by Gasteiger charge is 2.08. The molecule has 0 aliphatic heterocycles. The van der Waals surface area contributed by atoms with E-state index < -0.39 is 0 Å². The number of aryl methyl sites for hydroxylation is 1. The van der Waals surface area contributed by atoms with Gasteiger partial charge in [0.1, 0.15) is 0 Å². The fourth-order valence-electron chi connectivity index (χ4n) is 1.25. The average molecular weight is 266 g/mol. The summed E-state index contributed by atoms with van der Waals surface area (Å²) in [6.45, 7) is 2.07. The van der Waals surface area contributed by atoms with Gasteiger partial charge in [0.2, 0.25) is 11.8 Å². The van der Waals surface area contributed by atoms with Crippen LogP contribution in [-0.2, 0) is 9.59 Å². The zero-order valence-electron chi connectivity index (χ0n) is 10.9. The molecule has 1 rings (SSSR count). The first kappa shape index (κ1) is 14.6. The molecule has 18 heavy (non-hydrogen) atoms. The Balaban J connectivity index is 2.34. The van der Waals surface area contributed by atoms with Gasteiger partial charge in [0, 0.05) is 19.0 Å². The number of hydrogen-bond acceptors (Lipinski definition) is 3. The lowest BCUT2D eigenvalue weighted by Crippen LogP contribution is -2.36. The first-order valence-electron chi connectivity index (χ1n) is 5.66. The highest BCUT2D eigenvalue weighted by atomic mass is 32.2. The highest BCUT2D eigenvalue weighted by molar-refractivity contribution is 8.00. The van der Waals surface area contributed by atoms with Crippen LogP contribution in [0.1, 0.15) is 5.56 Å². The van der Waals surface area contributed by atoms with Crippen LogP contribution in [0.15, 0.2) is 29.2 Å². The third-order valence-electron chi connectivity index (χ3n) is 2.39. The normalized spacial score (nSPS) is 9.94. The maximum absolute atomic E-state index is 11.6. The van der Waals surface area contributed by atoms with Gasteiger partial charge >= 0.3 is 0 Å². The molecule has 0 heterocycles. The maximum atomic E-state index is 11.6. The van der Waals surface area contributed by atoms with E-state index in [0.717, 1.165) is 10.5 Å². The standard InChI is InChI=1S/C13H18N2O2S/c1-10-6-4-5-7-11(10)18-9-12(16)14-8-13(17)15(2)3/h4-7H,8-9H2,1-3H3,(H,14,16). The third kappa shape index (κ3) is 4.79. The van der Waals surface area contributed by atoms with E-state index in [1.54, 1.807) is 14.1 Å². The van der Waals surface area contributed by atoms with Crippen LogP contribution in [0.5, 0.6) is 0 Å². The first-order valence-corrected chi connectivity index (χ1v) is 6.64. The van der Waals surface area contributed by atoms with Crippen LogP contribution < -0.4 is 5.32 Å². The van der Waals surface area contributed by atoms with Gasteiger partial charge in [0.15, 0.2) is 0 Å². The van der Waals surface area contributed by atoms with Crippen molar-refractivity contribution in [3.05, 3.63) is 29.8 Å². The molecular weight excluding hydrogens is 248 g/mol. The third-order valence-corrected chi connectivity index (χ3v) is 3.56. The summed E-state index contributed by atoms with van der Waals surface area (Å²) in [4.78, 5) is 25.4. The van der Waals surface area contributed by atoms with Crippen molar-refractivity contribution < 1.29 is 9.59 Å². The van der Waals surface area contributed by atoms with Crippen molar-refractivity contribution in [1.29, 1.82) is 0 Å². The largest absolute Gasteiger partial charge is 0.347 e. The number of benzene rings is 1. The Morgan fingerprint density at radius 2 is 1.94 bits per heavy atom. The number of amides is 2. The molecule has 0 spiro atoms. The minimum absolute atomic E-state index is 0.0557. The molecule has 0 radical (unpaired) electrons. The molecule has 0 saturated carbocycles. The lowest BCUT2D eigenvalue weighted by atomic mass is 10.2. The second-order valence-corrected chi connectivity index (χ2v) is 5.14. The Morgan fingerprint density at radius 1 is 1.28 bits per heavy atom. The summed E-state index contributed by atoms with van der Waals surface area (Å²) >= 11 is 1.48. The van der Waals surface area contributed by atoms with E-state index in [2.05, 4.69) is 5.32 Å². The van der Waals surface area contributed by atoms with E-state index in [0.29, 0.717) is 5.75 Å². The van der Waals surface area contributed by atoms with Crippen molar-refractivity contribution in [3.8, 4) is 0 Å². The minimum Gasteiger partial charge on any atom is -0.347 e. The molecule has 0 aliphatic carbocycles. The van der Waals surface area contributed by atoms with Crippen molar-refractivity contribution in [2.45, 2.75) is 11.8 Å². The van der Waals surface area contributed by atoms with Gasteiger partial charge in [-0.05, 0) is 18.6 Å². The molecule has 0 atom stereocenters. The smallest absolute Gasteiger partial charge is 0.241 e. The Morgan fingerprint density at radius 3 is 2.56 bits per heavy atom. The van der Waals surface area contributed by atoms with Gasteiger partial charge in [-0.25, -0.2) is 0 Å². The lowest BCUT2D eigenvalue weighted by molar-refractivity contribution is -0.130. The van der Waals surface area contributed by atoms with Crippen LogP contribution in [0.3, 0.4) is 0 Å². The SMILES string of the molecule is Cc1ccccc1SCC(=O)NCC(=O)N(C)C. The Bertz CT molecular complexity index is 433. The van der Waals surface area contributed by atoms with Gasteiger partial charge in [-0.1, -0.05) is 18.2 Å². The van der Waals surface area contributed by atoms with Crippen molar-refractivity contribution in [3.63, 3.8) is 0 Å². The quantitative estimate of drug-likeness (QED) is 0.817. The Kier molecular flexibility index (Phi) is 5.71. The number of nitrogens with zero attached hydrogens (tertiary/aromatic N) is 1. The van der Waals surface area contributed by atoms with Crippen molar-refractivity contribution in [1.82, 2.24) is 10.2 Å². The van der Waals surface area contributed by atoms with E-state index in [1.165, 1.54) is 16.7 Å². The molecular formula is C13H18N2O2S. The minimum atomic E-state index is -0.126. The van der Waals surface area contributed by atoms with Crippen molar-refractivity contribution in [2.75, 3.05) is 26.4 Å². The second kappa shape index (κ2) is 7.06. The lowest BCUT2D eigenvalue weighted by Gasteiger charge is -2.11. The average Bonchev–Trinajstić information content (AvgIpc) is 2.34. The molecule has 0 fully saturated rings. The van der Waals surface area contributed by atoms with Crippen LogP contribution in [0.25, 0.3) is 0 Å². The molecule has 1 aromatic carbocycles. The van der Waals surface area contributed by atoms with Gasteiger partial charge in [-0.3, -0.25) is 9.59 Å². The number of carbonyl (C=O) groups excluding carboxylic acids is 2. The van der Waals surface area contributed by atoms with Gasteiger partial charge in [-0.15, -0.1) is 11.8 Å². The second-order valence-electron chi connectivity index (χ2n) is 4.12. The maximum Gasteiger partial charge on any atom is 0.241 e. The zero-order chi connectivity index (χ0) is 13.5. The van der Waals surface area contributed by atoms with E-state index in [4.69, 9.17) is 0 Å². The van der Waals surface area contributed by atoms with E-state index in [-0.39, 0.29) is 18.4 Å². The number of nitrogens with one attached hydrogen (secondary N) is 1. The summed E-state index contributed by atoms with van der Waals surface area (Å²) in [6.07, 6.45) is 0. The van der Waals surface area contributed by atoms with Crippen LogP contribution in [0.4, 0.5) is 0 Å². The molecule has 0 unspecified atom stereocenters. The molecule has 5 heteroatoms. The Hall–Kier alpha value is -1.49. The first-order chi connectivity index (χ1) is 8.50. The molecule has 1 aromatic rings. The summed E-state index contributed by atoms with van der Waals surface area (Å²) in [5.41, 5.74) is 1.15. The summed E-state index contributed by atoms with van der Waals surface area (Å²) in [7, 11) is 3.33. The van der Waals surface area contributed by atoms with Gasteiger partial charge in [-0.2, -0.15) is 0 Å². The summed E-state index contributed by atoms with van der Waals surface area (Å²) < 4.78 is 0. The predicted molar refractivity (Wildman–Crippen MR) is 73.6 cm³/mol. The molecule has 1 N–H and O–H groups in total. The van der Waals surface area contributed by atoms with Gasteiger partial charge in [0.05, 0.1) is 12.3 Å². The molecule has 0 aliphatic rings. The van der Waals surface area contributed by atoms with E-state index in [9.17, 15) is 9.59 Å². The molecule has 0 aromatic heterocycles. The molecule has 0 bridgehead atoms. The number of thioether (sulfide) groups is 1. The fraction of sp³-hybridized carbons (Fsp3) is 0.385. The van der Waals surface area contributed by atoms with Crippen LogP contribution in [0, 0.1) is 6.92 Å². The summed E-state index contributed by atoms with van der Waals surface area (Å²) in [5.74, 6) is 0.0913. The number of likely N-dealkylation sites (N-methyl/N-ethyl adjacent to an activating group) is 1. The van der Waals surface area contributed by atoms with Crippen molar-refractivity contribution in [2.24, 2.45) is 0 Å². The number of carbonyl (C=O) groups is 2. The topological polar surface area (TPSA) is 49.4 Å². The van der Waals surface area contributed by atoms with E-state index in [1.807, 2.05) is 31.2 Å². The summed E-state index contributed by atoms with van der Waals surface area (Å²) in [6, 6.07) is 7.91. The number of rotatable bonds is 5. The summed E-state index contributed by atoms with van der Waals surface area (Å²) in [5, 5.41) is 2.60. The molecule has 4 nitrogen and oxygen atoms in total. The zero-order valence-corrected chi connectivity index (χ0v) is 11.7. The van der Waals surface area contributed by atoms with Crippen LogP contribution in [-0.4, -0.2) is 43.1 Å². The van der Waals surface area contributed by atoms with Gasteiger partial charge in [0.25, 0.3) is 0 Å². The fourth-order valence-corrected chi connectivity index (χ4v) is 2.10. The predicted octanol–water partition coefficient (Wildman–Crippen LogP) is 1.29. The van der Waals surface area contributed by atoms with Crippen LogP contribution >= 0.6 is 11.8 Å². The monoisotopic (exact) mass is 266 g/mol. The molecule has 98 valence electrons. The van der Waals surface area contributed by atoms with Crippen molar-refractivity contribution >= 4 is 23.6 Å². The van der Waals surface area contributed by atoms with Gasteiger partial charge < -0.3 is 10.2 Å². The molecule has 2 amide bonds.